The Balaban J connectivity index is 1.93. The zero-order chi connectivity index (χ0) is 15.5. The quantitative estimate of drug-likeness (QED) is 0.737. The predicted molar refractivity (Wildman–Crippen MR) is 88.3 cm³/mol. The molecular weight excluding hydrogens is 274 g/mol. The smallest absolute Gasteiger partial charge is 0.269 e. The van der Waals surface area contributed by atoms with Gasteiger partial charge in [0, 0.05) is 5.69 Å². The molecule has 110 valence electrons. The average molecular weight is 292 g/mol. The van der Waals surface area contributed by atoms with Gasteiger partial charge in [0.2, 0.25) is 6.33 Å². The molecule has 1 atom stereocenters. The Morgan fingerprint density at radius 1 is 1.18 bits per heavy atom. The molecule has 0 aliphatic heterocycles. The van der Waals surface area contributed by atoms with Crippen molar-refractivity contribution in [2.75, 3.05) is 5.32 Å². The number of nitrogens with one attached hydrogen (secondary N) is 1. The van der Waals surface area contributed by atoms with Gasteiger partial charge < -0.3 is 5.32 Å². The number of carbonyl (C=O) groups excluding carboxylic acids is 1. The second-order valence-electron chi connectivity index (χ2n) is 5.13. The van der Waals surface area contributed by atoms with Crippen LogP contribution in [0.3, 0.4) is 0 Å². The molecule has 2 aromatic carbocycles. The van der Waals surface area contributed by atoms with Crippen molar-refractivity contribution in [3.05, 3.63) is 67.5 Å². The number of anilines is 1. The number of fused-ring (bicyclic) bond motifs is 1. The number of aromatic nitrogens is 2. The third kappa shape index (κ3) is 2.51. The number of hydrogen-bond acceptors (Lipinski definition) is 1. The highest BCUT2D eigenvalue weighted by atomic mass is 16.2. The fourth-order valence-corrected chi connectivity index (χ4v) is 2.51. The van der Waals surface area contributed by atoms with Crippen molar-refractivity contribution in [2.24, 2.45) is 0 Å². The van der Waals surface area contributed by atoms with Crippen LogP contribution in [0.4, 0.5) is 5.69 Å². The second-order valence-corrected chi connectivity index (χ2v) is 5.13. The van der Waals surface area contributed by atoms with Gasteiger partial charge in [0.25, 0.3) is 5.91 Å². The Morgan fingerprint density at radius 2 is 1.86 bits per heavy atom. The monoisotopic (exact) mass is 292 g/mol. The van der Waals surface area contributed by atoms with E-state index < -0.39 is 0 Å². The van der Waals surface area contributed by atoms with Crippen molar-refractivity contribution in [2.45, 2.75) is 13.0 Å². The van der Waals surface area contributed by atoms with Crippen LogP contribution >= 0.6 is 0 Å². The number of imidazole rings is 1. The molecule has 1 amide bonds. The highest BCUT2D eigenvalue weighted by Gasteiger charge is 2.24. The third-order valence-corrected chi connectivity index (χ3v) is 3.72. The van der Waals surface area contributed by atoms with Crippen molar-refractivity contribution >= 4 is 28.8 Å². The average Bonchev–Trinajstić information content (AvgIpc) is 2.94. The van der Waals surface area contributed by atoms with E-state index in [0.717, 1.165) is 16.7 Å². The van der Waals surface area contributed by atoms with Crippen LogP contribution < -0.4 is 9.88 Å². The summed E-state index contributed by atoms with van der Waals surface area (Å²) in [6.07, 6.45) is 3.63. The summed E-state index contributed by atoms with van der Waals surface area (Å²) in [5, 5.41) is 2.94. The van der Waals surface area contributed by atoms with Crippen molar-refractivity contribution in [1.82, 2.24) is 4.57 Å². The van der Waals surface area contributed by atoms with Gasteiger partial charge in [0.15, 0.2) is 17.1 Å². The van der Waals surface area contributed by atoms with Crippen LogP contribution in [0.15, 0.2) is 67.5 Å². The SMILES string of the molecule is C=Cn1c[n+]([C@H](C)C(=O)Nc2ccccc2)c2ccccc21. The fourth-order valence-electron chi connectivity index (χ4n) is 2.51. The molecule has 0 unspecified atom stereocenters. The third-order valence-electron chi connectivity index (χ3n) is 3.72. The lowest BCUT2D eigenvalue weighted by Gasteiger charge is -2.10. The van der Waals surface area contributed by atoms with E-state index in [2.05, 4.69) is 11.9 Å². The molecule has 22 heavy (non-hydrogen) atoms. The highest BCUT2D eigenvalue weighted by Crippen LogP contribution is 2.14. The van der Waals surface area contributed by atoms with Gasteiger partial charge >= 0.3 is 0 Å². The molecule has 4 heteroatoms. The molecule has 0 spiro atoms. The number of hydrogen-bond donors (Lipinski definition) is 1. The van der Waals surface area contributed by atoms with Gasteiger partial charge in [-0.25, -0.2) is 9.13 Å². The minimum atomic E-state index is -0.327. The molecule has 0 radical (unpaired) electrons. The van der Waals surface area contributed by atoms with Crippen LogP contribution in [0, 0.1) is 0 Å². The summed E-state index contributed by atoms with van der Waals surface area (Å²) in [6, 6.07) is 17.1. The maximum Gasteiger partial charge on any atom is 0.269 e. The summed E-state index contributed by atoms with van der Waals surface area (Å²) in [7, 11) is 0. The fraction of sp³-hybridized carbons (Fsp3) is 0.111. The number of benzene rings is 2. The summed E-state index contributed by atoms with van der Waals surface area (Å²) in [4.78, 5) is 12.5. The zero-order valence-electron chi connectivity index (χ0n) is 12.4. The maximum atomic E-state index is 12.5. The normalized spacial score (nSPS) is 12.0. The van der Waals surface area contributed by atoms with Gasteiger partial charge in [-0.3, -0.25) is 4.79 Å². The first kappa shape index (κ1) is 14.1. The first-order chi connectivity index (χ1) is 10.7. The number of carbonyl (C=O) groups is 1. The summed E-state index contributed by atoms with van der Waals surface area (Å²) >= 11 is 0. The molecule has 0 saturated heterocycles. The molecule has 4 nitrogen and oxygen atoms in total. The van der Waals surface area contributed by atoms with Crippen LogP contribution in [0.25, 0.3) is 17.2 Å². The van der Waals surface area contributed by atoms with E-state index in [9.17, 15) is 4.79 Å². The van der Waals surface area contributed by atoms with E-state index in [1.165, 1.54) is 0 Å². The van der Waals surface area contributed by atoms with Gasteiger partial charge in [-0.2, -0.15) is 0 Å². The molecule has 1 aromatic heterocycles. The van der Waals surface area contributed by atoms with Crippen LogP contribution in [-0.2, 0) is 4.79 Å². The molecule has 1 N–H and O–H groups in total. The standard InChI is InChI=1S/C18H17N3O/c1-3-20-13-21(17-12-8-7-11-16(17)20)14(2)18(22)19-15-9-5-4-6-10-15/h3-14H,1H2,2H3/p+1/t14-/m1/s1. The van der Waals surface area contributed by atoms with E-state index in [0.29, 0.717) is 0 Å². The molecular formula is C18H18N3O+. The molecule has 3 rings (SSSR count). The van der Waals surface area contributed by atoms with E-state index in [4.69, 9.17) is 0 Å². The van der Waals surface area contributed by atoms with Crippen LogP contribution in [0.5, 0.6) is 0 Å². The Labute approximate surface area is 129 Å². The number of rotatable bonds is 4. The lowest BCUT2D eigenvalue weighted by atomic mass is 10.2. The molecule has 0 aliphatic rings. The van der Waals surface area contributed by atoms with Crippen LogP contribution in [0.2, 0.25) is 0 Å². The summed E-state index contributed by atoms with van der Waals surface area (Å²) < 4.78 is 3.87. The second kappa shape index (κ2) is 5.85. The molecule has 3 aromatic rings. The Kier molecular flexibility index (Phi) is 3.74. The van der Waals surface area contributed by atoms with E-state index in [1.807, 2.05) is 77.0 Å². The van der Waals surface area contributed by atoms with Crippen molar-refractivity contribution in [3.63, 3.8) is 0 Å². The lowest BCUT2D eigenvalue weighted by Crippen LogP contribution is -2.43. The van der Waals surface area contributed by atoms with Crippen LogP contribution in [0.1, 0.15) is 13.0 Å². The topological polar surface area (TPSA) is 37.9 Å². The van der Waals surface area contributed by atoms with Gasteiger partial charge in [0.1, 0.15) is 0 Å². The minimum absolute atomic E-state index is 0.0526. The zero-order valence-corrected chi connectivity index (χ0v) is 12.4. The molecule has 0 aliphatic carbocycles. The van der Waals surface area contributed by atoms with Crippen LogP contribution in [-0.4, -0.2) is 10.5 Å². The molecule has 0 bridgehead atoms. The predicted octanol–water partition coefficient (Wildman–Crippen LogP) is 3.23. The summed E-state index contributed by atoms with van der Waals surface area (Å²) in [5.74, 6) is -0.0526. The summed E-state index contributed by atoms with van der Waals surface area (Å²) in [6.45, 7) is 5.70. The van der Waals surface area contributed by atoms with Crippen molar-refractivity contribution < 1.29 is 9.36 Å². The first-order valence-electron chi connectivity index (χ1n) is 7.20. The Hall–Kier alpha value is -2.88. The molecule has 1 heterocycles. The van der Waals surface area contributed by atoms with Crippen molar-refractivity contribution in [1.29, 1.82) is 0 Å². The van der Waals surface area contributed by atoms with Gasteiger partial charge in [-0.1, -0.05) is 36.9 Å². The van der Waals surface area contributed by atoms with E-state index >= 15 is 0 Å². The lowest BCUT2D eigenvalue weighted by molar-refractivity contribution is -0.680. The summed E-state index contributed by atoms with van der Waals surface area (Å²) in [5.41, 5.74) is 2.82. The number of para-hydroxylation sites is 3. The maximum absolute atomic E-state index is 12.5. The van der Waals surface area contributed by atoms with Gasteiger partial charge in [0.05, 0.1) is 6.20 Å². The number of nitrogens with zero attached hydrogens (tertiary/aromatic N) is 2. The van der Waals surface area contributed by atoms with E-state index in [-0.39, 0.29) is 11.9 Å². The highest BCUT2D eigenvalue weighted by molar-refractivity contribution is 5.92. The Morgan fingerprint density at radius 3 is 2.59 bits per heavy atom. The minimum Gasteiger partial charge on any atom is -0.322 e. The first-order valence-corrected chi connectivity index (χ1v) is 7.20. The van der Waals surface area contributed by atoms with Gasteiger partial charge in [-0.05, 0) is 31.2 Å². The number of amides is 1. The molecule has 0 saturated carbocycles. The van der Waals surface area contributed by atoms with Crippen molar-refractivity contribution in [3.8, 4) is 0 Å². The van der Waals surface area contributed by atoms with Gasteiger partial charge in [-0.15, -0.1) is 0 Å². The largest absolute Gasteiger partial charge is 0.322 e. The molecule has 0 fully saturated rings. The Bertz CT molecular complexity index is 821. The van der Waals surface area contributed by atoms with E-state index in [1.54, 1.807) is 6.20 Å².